The first-order valence-corrected chi connectivity index (χ1v) is 7.10. The van der Waals surface area contributed by atoms with E-state index >= 15 is 0 Å². The molecule has 1 aromatic rings. The van der Waals surface area contributed by atoms with Gasteiger partial charge in [0.15, 0.2) is 0 Å². The van der Waals surface area contributed by atoms with Crippen LogP contribution in [0.15, 0.2) is 16.7 Å². The third-order valence-electron chi connectivity index (χ3n) is 3.39. The van der Waals surface area contributed by atoms with Gasteiger partial charge in [-0.1, -0.05) is 0 Å². The van der Waals surface area contributed by atoms with Gasteiger partial charge in [-0.15, -0.1) is 0 Å². The third kappa shape index (κ3) is 3.06. The average Bonchev–Trinajstić information content (AvgIpc) is 2.90. The van der Waals surface area contributed by atoms with Gasteiger partial charge in [-0.2, -0.15) is 0 Å². The summed E-state index contributed by atoms with van der Waals surface area (Å²) in [7, 11) is 5.65. The number of rotatable bonds is 3. The van der Waals surface area contributed by atoms with Crippen LogP contribution in [0.25, 0.3) is 0 Å². The number of halogens is 1. The molecule has 19 heavy (non-hydrogen) atoms. The van der Waals surface area contributed by atoms with Crippen LogP contribution in [-0.4, -0.2) is 56.1 Å². The topological polar surface area (TPSA) is 48.5 Å². The second kappa shape index (κ2) is 5.88. The minimum atomic E-state index is 0.0196. The maximum absolute atomic E-state index is 12.6. The fourth-order valence-electron chi connectivity index (χ4n) is 2.27. The SMILES string of the molecule is CN(C)c1ncc(Br)cc1C(=O)N(C)[C@@H]1CCNC1. The number of carbonyl (C=O) groups is 1. The highest BCUT2D eigenvalue weighted by Crippen LogP contribution is 2.22. The number of hydrogen-bond donors (Lipinski definition) is 1. The van der Waals surface area contributed by atoms with Crippen molar-refractivity contribution < 1.29 is 4.79 Å². The summed E-state index contributed by atoms with van der Waals surface area (Å²) in [5, 5.41) is 3.28. The van der Waals surface area contributed by atoms with Gasteiger partial charge in [0.2, 0.25) is 0 Å². The summed E-state index contributed by atoms with van der Waals surface area (Å²) in [5.41, 5.74) is 0.633. The number of aromatic nitrogens is 1. The van der Waals surface area contributed by atoms with Crippen LogP contribution >= 0.6 is 15.9 Å². The minimum Gasteiger partial charge on any atom is -0.362 e. The van der Waals surface area contributed by atoms with E-state index in [1.165, 1.54) is 0 Å². The van der Waals surface area contributed by atoms with E-state index in [1.54, 1.807) is 6.20 Å². The first kappa shape index (κ1) is 14.3. The molecule has 1 aliphatic rings. The van der Waals surface area contributed by atoms with E-state index < -0.39 is 0 Å². The van der Waals surface area contributed by atoms with Gasteiger partial charge in [0.1, 0.15) is 5.82 Å². The molecule has 1 atom stereocenters. The normalized spacial score (nSPS) is 18.4. The Kier molecular flexibility index (Phi) is 4.42. The Labute approximate surface area is 122 Å². The smallest absolute Gasteiger partial charge is 0.257 e. The van der Waals surface area contributed by atoms with Gasteiger partial charge in [0, 0.05) is 44.4 Å². The molecule has 1 aromatic heterocycles. The number of hydrogen-bond acceptors (Lipinski definition) is 4. The second-order valence-corrected chi connectivity index (χ2v) is 5.90. The lowest BCUT2D eigenvalue weighted by Gasteiger charge is -2.25. The molecule has 0 saturated carbocycles. The number of anilines is 1. The highest BCUT2D eigenvalue weighted by Gasteiger charge is 2.26. The lowest BCUT2D eigenvalue weighted by molar-refractivity contribution is 0.0744. The molecule has 0 aliphatic carbocycles. The van der Waals surface area contributed by atoms with E-state index in [4.69, 9.17) is 0 Å². The summed E-state index contributed by atoms with van der Waals surface area (Å²) >= 11 is 3.38. The molecule has 0 bridgehead atoms. The van der Waals surface area contributed by atoms with E-state index in [-0.39, 0.29) is 11.9 Å². The lowest BCUT2D eigenvalue weighted by atomic mass is 10.1. The predicted octanol–water partition coefficient (Wildman–Crippen LogP) is 1.34. The average molecular weight is 327 g/mol. The maximum atomic E-state index is 12.6. The van der Waals surface area contributed by atoms with Crippen molar-refractivity contribution in [3.63, 3.8) is 0 Å². The maximum Gasteiger partial charge on any atom is 0.257 e. The van der Waals surface area contributed by atoms with Crippen LogP contribution in [0.2, 0.25) is 0 Å². The van der Waals surface area contributed by atoms with E-state index in [1.807, 2.05) is 37.0 Å². The van der Waals surface area contributed by atoms with Crippen molar-refractivity contribution in [3.8, 4) is 0 Å². The molecular formula is C13H19BrN4O. The molecule has 0 aromatic carbocycles. The first-order chi connectivity index (χ1) is 9.00. The quantitative estimate of drug-likeness (QED) is 0.910. The second-order valence-electron chi connectivity index (χ2n) is 4.98. The van der Waals surface area contributed by atoms with Crippen LogP contribution in [0.1, 0.15) is 16.8 Å². The van der Waals surface area contributed by atoms with Crippen molar-refractivity contribution in [2.24, 2.45) is 0 Å². The highest BCUT2D eigenvalue weighted by molar-refractivity contribution is 9.10. The zero-order chi connectivity index (χ0) is 14.0. The van der Waals surface area contributed by atoms with Gasteiger partial charge >= 0.3 is 0 Å². The Balaban J connectivity index is 2.29. The highest BCUT2D eigenvalue weighted by atomic mass is 79.9. The molecule has 1 aliphatic heterocycles. The van der Waals surface area contributed by atoms with Crippen LogP contribution in [0.5, 0.6) is 0 Å². The van der Waals surface area contributed by atoms with E-state index in [0.29, 0.717) is 11.4 Å². The van der Waals surface area contributed by atoms with Gasteiger partial charge in [-0.05, 0) is 35.0 Å². The van der Waals surface area contributed by atoms with Gasteiger partial charge in [-0.25, -0.2) is 4.98 Å². The Morgan fingerprint density at radius 2 is 2.21 bits per heavy atom. The van der Waals surface area contributed by atoms with Crippen molar-refractivity contribution in [1.82, 2.24) is 15.2 Å². The Bertz CT molecular complexity index is 472. The van der Waals surface area contributed by atoms with Crippen LogP contribution in [-0.2, 0) is 0 Å². The largest absolute Gasteiger partial charge is 0.362 e. The van der Waals surface area contributed by atoms with Gasteiger partial charge < -0.3 is 15.1 Å². The monoisotopic (exact) mass is 326 g/mol. The first-order valence-electron chi connectivity index (χ1n) is 6.31. The van der Waals surface area contributed by atoms with Crippen molar-refractivity contribution in [1.29, 1.82) is 0 Å². The molecule has 1 saturated heterocycles. The van der Waals surface area contributed by atoms with Crippen molar-refractivity contribution >= 4 is 27.7 Å². The standard InChI is InChI=1S/C13H19BrN4O/c1-17(2)12-11(6-9(14)7-16-12)13(19)18(3)10-4-5-15-8-10/h6-7,10,15H,4-5,8H2,1-3H3/t10-/m1/s1. The zero-order valence-electron chi connectivity index (χ0n) is 11.5. The number of nitrogens with zero attached hydrogens (tertiary/aromatic N) is 3. The number of amides is 1. The molecule has 1 N–H and O–H groups in total. The molecule has 104 valence electrons. The summed E-state index contributed by atoms with van der Waals surface area (Å²) in [6.07, 6.45) is 2.71. The molecule has 0 spiro atoms. The number of likely N-dealkylation sites (N-methyl/N-ethyl adjacent to an activating group) is 1. The zero-order valence-corrected chi connectivity index (χ0v) is 13.1. The van der Waals surface area contributed by atoms with Gasteiger partial charge in [0.25, 0.3) is 5.91 Å². The molecule has 5 nitrogen and oxygen atoms in total. The predicted molar refractivity (Wildman–Crippen MR) is 79.6 cm³/mol. The molecule has 2 heterocycles. The molecule has 1 fully saturated rings. The van der Waals surface area contributed by atoms with E-state index in [9.17, 15) is 4.79 Å². The Morgan fingerprint density at radius 3 is 2.79 bits per heavy atom. The van der Waals surface area contributed by atoms with Crippen LogP contribution in [0.3, 0.4) is 0 Å². The molecule has 6 heteroatoms. The summed E-state index contributed by atoms with van der Waals surface area (Å²) in [4.78, 5) is 20.6. The van der Waals surface area contributed by atoms with Crippen LogP contribution in [0.4, 0.5) is 5.82 Å². The summed E-state index contributed by atoms with van der Waals surface area (Å²) in [6, 6.07) is 2.10. The molecule has 0 radical (unpaired) electrons. The van der Waals surface area contributed by atoms with Gasteiger partial charge in [0.05, 0.1) is 5.56 Å². The third-order valence-corrected chi connectivity index (χ3v) is 3.82. The Morgan fingerprint density at radius 1 is 1.47 bits per heavy atom. The summed E-state index contributed by atoms with van der Waals surface area (Å²) in [6.45, 7) is 1.83. The number of nitrogens with one attached hydrogen (secondary N) is 1. The van der Waals surface area contributed by atoms with Gasteiger partial charge in [-0.3, -0.25) is 4.79 Å². The number of pyridine rings is 1. The Hall–Kier alpha value is -1.14. The summed E-state index contributed by atoms with van der Waals surface area (Å²) < 4.78 is 0.819. The van der Waals surface area contributed by atoms with Crippen LogP contribution in [0, 0.1) is 0 Å². The fraction of sp³-hybridized carbons (Fsp3) is 0.538. The van der Waals surface area contributed by atoms with Crippen molar-refractivity contribution in [3.05, 3.63) is 22.3 Å². The summed E-state index contributed by atoms with van der Waals surface area (Å²) in [5.74, 6) is 0.720. The van der Waals surface area contributed by atoms with Crippen molar-refractivity contribution in [2.75, 3.05) is 39.1 Å². The minimum absolute atomic E-state index is 0.0196. The number of carbonyl (C=O) groups excluding carboxylic acids is 1. The fourth-order valence-corrected chi connectivity index (χ4v) is 2.60. The molecule has 0 unspecified atom stereocenters. The van der Waals surface area contributed by atoms with E-state index in [0.717, 1.165) is 24.0 Å². The van der Waals surface area contributed by atoms with Crippen LogP contribution < -0.4 is 10.2 Å². The van der Waals surface area contributed by atoms with E-state index in [2.05, 4.69) is 26.2 Å². The molecule has 1 amide bonds. The lowest BCUT2D eigenvalue weighted by Crippen LogP contribution is -2.39. The van der Waals surface area contributed by atoms with Crippen molar-refractivity contribution in [2.45, 2.75) is 12.5 Å². The molecule has 2 rings (SSSR count). The molecular weight excluding hydrogens is 308 g/mol.